The first-order valence-corrected chi connectivity index (χ1v) is 31.5. The Bertz CT molecular complexity index is 4830. The summed E-state index contributed by atoms with van der Waals surface area (Å²) in [4.78, 5) is 112. The summed E-state index contributed by atoms with van der Waals surface area (Å²) in [7, 11) is 0. The van der Waals surface area contributed by atoms with Crippen molar-refractivity contribution in [2.45, 2.75) is 160 Å². The standard InChI is InChI=1S/C25H28FN3O4.C24H26FN3O4.C23H24FN3O4/c1-10-9-15(33-13(10)4)23(25(5,6)7)29-20-19(21(30)22(20)31)28-18-14(26)8-11(2)16-12(3)27-24(32)17(16)18;1-6-14-12-8-9-13(25)17(16(12)23(31)26-14)27-18-19(21(30)20(18)29)28-22(24(3,4)5)15-10-7-11(2)32-15;1-10-6-9-14(31-10)21(23(3,4)5)27-18-17(19(28)20(18)29)26-16-13(24)8-7-12-11(2)25-22(30)15(12)16/h8-9,12,23,28-29H,1-7H3,(H,27,32);7-10,14,22,27-28H,6H2,1-5H3,(H,26,31);6-9,11,21,26-27H,1-5H3,(H,25,30)/t12-,23-;14?,22-;11-,21-/m000/s1. The van der Waals surface area contributed by atoms with Gasteiger partial charge in [0, 0.05) is 0 Å². The van der Waals surface area contributed by atoms with Gasteiger partial charge in [-0.2, -0.15) is 0 Å². The Morgan fingerprint density at radius 2 is 0.792 bits per heavy atom. The third-order valence-electron chi connectivity index (χ3n) is 17.8. The van der Waals surface area contributed by atoms with Crippen LogP contribution in [0.25, 0.3) is 0 Å². The average molecular weight is 1320 g/mol. The molecule has 3 aliphatic rings. The van der Waals surface area contributed by atoms with Crippen molar-refractivity contribution in [1.29, 1.82) is 0 Å². The van der Waals surface area contributed by atoms with Crippen LogP contribution in [-0.2, 0) is 0 Å². The average Bonchev–Trinajstić information content (AvgIpc) is 1.36. The quantitative estimate of drug-likeness (QED) is 0.0406. The zero-order valence-electron chi connectivity index (χ0n) is 56.5. The molecule has 3 aliphatic heterocycles. The number of fused-ring (bicyclic) bond motifs is 3. The highest BCUT2D eigenvalue weighted by atomic mass is 19.1. The van der Waals surface area contributed by atoms with Gasteiger partial charge in [-0.25, -0.2) is 13.2 Å². The number of rotatable bonds is 16. The van der Waals surface area contributed by atoms with Crippen molar-refractivity contribution in [1.82, 2.24) is 16.0 Å². The zero-order valence-corrected chi connectivity index (χ0v) is 56.5. The molecule has 0 saturated heterocycles. The van der Waals surface area contributed by atoms with Gasteiger partial charge >= 0.3 is 0 Å². The predicted molar refractivity (Wildman–Crippen MR) is 363 cm³/mol. The van der Waals surface area contributed by atoms with E-state index in [0.29, 0.717) is 46.0 Å². The largest absolute Gasteiger partial charge is 0.464 e. The lowest BCUT2D eigenvalue weighted by molar-refractivity contribution is 0.0948. The van der Waals surface area contributed by atoms with E-state index in [4.69, 9.17) is 13.3 Å². The lowest BCUT2D eigenvalue weighted by Crippen LogP contribution is -2.39. The molecule has 9 aromatic rings. The number of carbonyl (C=O) groups excluding carboxylic acids is 3. The van der Waals surface area contributed by atoms with Gasteiger partial charge in [-0.3, -0.25) is 43.2 Å². The molecular formula is C72H78F3N9O12. The molecule has 0 saturated carbocycles. The van der Waals surface area contributed by atoms with E-state index in [1.165, 1.54) is 24.3 Å². The van der Waals surface area contributed by atoms with Crippen molar-refractivity contribution in [3.05, 3.63) is 219 Å². The second-order valence-corrected chi connectivity index (χ2v) is 28.2. The topological polar surface area (TPSA) is 301 Å². The molecular weight excluding hydrogens is 1240 g/mol. The fraction of sp³-hybridized carbons (Fsp3) is 0.375. The number of halogens is 3. The molecule has 6 atom stereocenters. The summed E-state index contributed by atoms with van der Waals surface area (Å²) in [5.41, 5.74) is -1.87. The van der Waals surface area contributed by atoms with Crippen LogP contribution in [0.5, 0.6) is 0 Å². The Labute approximate surface area is 550 Å². The first-order chi connectivity index (χ1) is 44.8. The van der Waals surface area contributed by atoms with E-state index in [9.17, 15) is 56.3 Å². The molecule has 6 heterocycles. The van der Waals surface area contributed by atoms with Crippen LogP contribution in [0.15, 0.2) is 103 Å². The van der Waals surface area contributed by atoms with E-state index < -0.39 is 85.9 Å². The van der Waals surface area contributed by atoms with Crippen LogP contribution in [0.4, 0.5) is 64.4 Å². The van der Waals surface area contributed by atoms with E-state index in [1.54, 1.807) is 19.9 Å². The lowest BCUT2D eigenvalue weighted by atomic mass is 9.84. The summed E-state index contributed by atoms with van der Waals surface area (Å²) in [6, 6.07) is 14.0. The van der Waals surface area contributed by atoms with Crippen molar-refractivity contribution in [3.8, 4) is 0 Å². The summed E-state index contributed by atoms with van der Waals surface area (Å²) >= 11 is 0. The summed E-state index contributed by atoms with van der Waals surface area (Å²) in [6.45, 7) is 32.4. The number of furan rings is 3. The highest BCUT2D eigenvalue weighted by Crippen LogP contribution is 2.45. The fourth-order valence-electron chi connectivity index (χ4n) is 12.5. The number of carbonyl (C=O) groups is 3. The van der Waals surface area contributed by atoms with Gasteiger partial charge in [-0.1, -0.05) is 81.4 Å². The van der Waals surface area contributed by atoms with Gasteiger partial charge in [0.25, 0.3) is 50.3 Å². The van der Waals surface area contributed by atoms with Gasteiger partial charge in [0.1, 0.15) is 86.1 Å². The van der Waals surface area contributed by atoms with Crippen LogP contribution in [0.3, 0.4) is 0 Å². The molecule has 3 aromatic heterocycles. The summed E-state index contributed by atoms with van der Waals surface area (Å²) < 4.78 is 61.7. The van der Waals surface area contributed by atoms with Crippen LogP contribution < -0.4 is 80.4 Å². The molecule has 0 aliphatic carbocycles. The second-order valence-electron chi connectivity index (χ2n) is 28.2. The van der Waals surface area contributed by atoms with Crippen LogP contribution in [0.2, 0.25) is 0 Å². The number of aryl methyl sites for hydroxylation is 5. The van der Waals surface area contributed by atoms with E-state index >= 15 is 0 Å². The van der Waals surface area contributed by atoms with Crippen LogP contribution in [0.1, 0.15) is 219 Å². The second kappa shape index (κ2) is 25.1. The van der Waals surface area contributed by atoms with Crippen molar-refractivity contribution in [2.75, 3.05) is 31.9 Å². The highest BCUT2D eigenvalue weighted by Gasteiger charge is 2.40. The highest BCUT2D eigenvalue weighted by molar-refractivity contribution is 6.07. The van der Waals surface area contributed by atoms with E-state index in [0.717, 1.165) is 22.8 Å². The van der Waals surface area contributed by atoms with Gasteiger partial charge in [0.05, 0.1) is 70.0 Å². The first-order valence-electron chi connectivity index (χ1n) is 31.5. The Hall–Kier alpha value is -10.3. The Balaban J connectivity index is 0.000000157. The van der Waals surface area contributed by atoms with Gasteiger partial charge in [-0.05, 0) is 147 Å². The minimum absolute atomic E-state index is 0.0439. The maximum atomic E-state index is 14.9. The maximum absolute atomic E-state index is 14.9. The number of hydrogen-bond donors (Lipinski definition) is 9. The van der Waals surface area contributed by atoms with Crippen molar-refractivity contribution < 1.29 is 40.8 Å². The molecule has 0 bridgehead atoms. The summed E-state index contributed by atoms with van der Waals surface area (Å²) in [5, 5.41) is 25.9. The van der Waals surface area contributed by atoms with Gasteiger partial charge in [0.15, 0.2) is 0 Å². The third-order valence-corrected chi connectivity index (χ3v) is 17.8. The van der Waals surface area contributed by atoms with Gasteiger partial charge in [-0.15, -0.1) is 0 Å². The Morgan fingerprint density at radius 1 is 0.417 bits per heavy atom. The fourth-order valence-corrected chi connectivity index (χ4v) is 12.5. The minimum atomic E-state index is -0.769. The van der Waals surface area contributed by atoms with Crippen molar-refractivity contribution in [2.24, 2.45) is 16.2 Å². The zero-order chi connectivity index (χ0) is 70.4. The van der Waals surface area contributed by atoms with E-state index in [2.05, 4.69) is 47.9 Å². The maximum Gasteiger partial charge on any atom is 0.254 e. The summed E-state index contributed by atoms with van der Waals surface area (Å²) in [5.74, 6) is 0.763. The minimum Gasteiger partial charge on any atom is -0.464 e. The van der Waals surface area contributed by atoms with E-state index in [-0.39, 0.29) is 102 Å². The molecule has 24 heteroatoms. The molecule has 1 unspecified atom stereocenters. The molecule has 96 heavy (non-hydrogen) atoms. The molecule has 504 valence electrons. The third kappa shape index (κ3) is 12.5. The number of benzene rings is 3. The molecule has 9 N–H and O–H groups in total. The van der Waals surface area contributed by atoms with Crippen LogP contribution in [-0.4, -0.2) is 17.7 Å². The van der Waals surface area contributed by atoms with Crippen LogP contribution >= 0.6 is 0 Å². The molecule has 0 fully saturated rings. The molecule has 12 rings (SSSR count). The van der Waals surface area contributed by atoms with Gasteiger partial charge < -0.3 is 61.1 Å². The Morgan fingerprint density at radius 3 is 1.19 bits per heavy atom. The first kappa shape index (κ1) is 68.6. The predicted octanol–water partition coefficient (Wildman–Crippen LogP) is 13.2. The Kier molecular flexibility index (Phi) is 18.0. The molecule has 6 aromatic carbocycles. The molecule has 3 amide bonds. The van der Waals surface area contributed by atoms with Crippen LogP contribution in [0, 0.1) is 68.3 Å². The number of nitrogens with one attached hydrogen (secondary N) is 9. The normalized spacial score (nSPS) is 16.7. The van der Waals surface area contributed by atoms with Gasteiger partial charge in [0.2, 0.25) is 0 Å². The van der Waals surface area contributed by atoms with Crippen molar-refractivity contribution >= 4 is 68.9 Å². The lowest BCUT2D eigenvalue weighted by Gasteiger charge is -2.31. The summed E-state index contributed by atoms with van der Waals surface area (Å²) in [6.07, 6.45) is 0.645. The van der Waals surface area contributed by atoms with Crippen molar-refractivity contribution in [3.63, 3.8) is 0 Å². The number of anilines is 9. The molecule has 0 spiro atoms. The number of amides is 3. The SMILES string of the molecule is CCC1NC(=O)c2c1ccc(F)c2Nc1c(N[C@@H](c2ccc(C)o2)C(C)(C)C)c(=O)c1=O.Cc1cc([C@H](Nc2c(Nc3c(F)cc(C)c4c3C(=O)N[C@H]4C)c(=O)c2=O)C(C)(C)C)oc1C.Cc1ccc([C@H](Nc2c(Nc3c(F)ccc4c3C(=O)N[C@H]4C)c(=O)c2=O)C(C)(C)C)o1. The monoisotopic (exact) mass is 1320 g/mol. The van der Waals surface area contributed by atoms with E-state index in [1.807, 2.05) is 134 Å². The smallest absolute Gasteiger partial charge is 0.254 e. The number of hydrogen-bond acceptors (Lipinski definition) is 18. The molecule has 21 nitrogen and oxygen atoms in total. The molecule has 0 radical (unpaired) electrons.